The summed E-state index contributed by atoms with van der Waals surface area (Å²) in [7, 11) is 0. The molecule has 4 saturated carbocycles. The summed E-state index contributed by atoms with van der Waals surface area (Å²) in [6, 6.07) is 0.614. The van der Waals surface area contributed by atoms with E-state index in [0.29, 0.717) is 42.9 Å². The van der Waals surface area contributed by atoms with Crippen molar-refractivity contribution in [1.29, 1.82) is 0 Å². The van der Waals surface area contributed by atoms with Gasteiger partial charge in [-0.2, -0.15) is 0 Å². The van der Waals surface area contributed by atoms with Crippen LogP contribution in [0.25, 0.3) is 0 Å². The Hall–Kier alpha value is -0.510. The molecule has 3 aliphatic heterocycles. The molecule has 0 aromatic rings. The summed E-state index contributed by atoms with van der Waals surface area (Å²) < 4.78 is 19.5. The first-order valence-electron chi connectivity index (χ1n) is 17.5. The van der Waals surface area contributed by atoms with E-state index in [1.807, 2.05) is 0 Å². The lowest BCUT2D eigenvalue weighted by atomic mass is 9.44. The third-order valence-corrected chi connectivity index (χ3v) is 14.4. The monoisotopic (exact) mass is 664 g/mol. The van der Waals surface area contributed by atoms with Gasteiger partial charge < -0.3 is 40.8 Å². The molecule has 244 valence electrons. The highest BCUT2D eigenvalue weighted by molar-refractivity contribution is 5.66. The maximum Gasteiger partial charge on any atom is 0.303 e. The zero-order chi connectivity index (χ0) is 29.3. The van der Waals surface area contributed by atoms with Crippen LogP contribution in [0.5, 0.6) is 0 Å². The summed E-state index contributed by atoms with van der Waals surface area (Å²) >= 11 is 0. The second-order valence-electron chi connectivity index (χ2n) is 16.1. The summed E-state index contributed by atoms with van der Waals surface area (Å²) in [5.74, 6) is 2.09. The van der Waals surface area contributed by atoms with E-state index in [0.717, 1.165) is 56.2 Å². The zero-order valence-corrected chi connectivity index (χ0v) is 28.6. The Balaban J connectivity index is 0.00000329. The lowest BCUT2D eigenvalue weighted by molar-refractivity contribution is -0.937. The Morgan fingerprint density at radius 2 is 1.72 bits per heavy atom. The van der Waals surface area contributed by atoms with Crippen molar-refractivity contribution in [2.75, 3.05) is 45.9 Å². The molecule has 3 heterocycles. The molecular formula is C35H57BrN2O5. The SMILES string of the molecule is C=CC[N+]1(C2C[C@H]3[C@@H]4CCC5CC(O)C(N6CCC7(CC6)OCCO7)C[C@]5(C)[C@@H]4CC[C@]3(C)C2OC(C)=O)CCCC1.[Br-]. The highest BCUT2D eigenvalue weighted by atomic mass is 79.9. The van der Waals surface area contributed by atoms with E-state index in [9.17, 15) is 9.90 Å². The number of quaternary nitrogens is 1. The van der Waals surface area contributed by atoms with Crippen LogP contribution >= 0.6 is 0 Å². The van der Waals surface area contributed by atoms with Crippen molar-refractivity contribution < 1.29 is 45.6 Å². The van der Waals surface area contributed by atoms with Crippen molar-refractivity contribution in [1.82, 2.24) is 4.90 Å². The molecule has 0 bridgehead atoms. The second kappa shape index (κ2) is 11.9. The van der Waals surface area contributed by atoms with Crippen LogP contribution in [-0.2, 0) is 19.0 Å². The van der Waals surface area contributed by atoms with Crippen molar-refractivity contribution >= 4 is 5.97 Å². The molecule has 7 fully saturated rings. The first-order chi connectivity index (χ1) is 20.1. The fraction of sp³-hybridized carbons (Fsp3) is 0.914. The topological polar surface area (TPSA) is 68.2 Å². The Kier molecular flexibility index (Phi) is 9.00. The van der Waals surface area contributed by atoms with Gasteiger partial charge in [0.05, 0.1) is 39.0 Å². The van der Waals surface area contributed by atoms with Gasteiger partial charge in [0.1, 0.15) is 6.04 Å². The van der Waals surface area contributed by atoms with Gasteiger partial charge in [-0.1, -0.05) is 20.4 Å². The van der Waals surface area contributed by atoms with Gasteiger partial charge in [0.2, 0.25) is 0 Å². The molecule has 1 spiro atoms. The van der Waals surface area contributed by atoms with Crippen molar-refractivity contribution in [3.63, 3.8) is 0 Å². The number of hydrogen-bond acceptors (Lipinski definition) is 6. The van der Waals surface area contributed by atoms with Crippen molar-refractivity contribution in [3.8, 4) is 0 Å². The number of likely N-dealkylation sites (tertiary alicyclic amines) is 2. The third-order valence-electron chi connectivity index (χ3n) is 14.4. The minimum absolute atomic E-state index is 0. The van der Waals surface area contributed by atoms with Crippen LogP contribution in [0.3, 0.4) is 0 Å². The minimum Gasteiger partial charge on any atom is -1.00 e. The minimum atomic E-state index is -0.370. The smallest absolute Gasteiger partial charge is 0.303 e. The number of nitrogens with zero attached hydrogens (tertiary/aromatic N) is 2. The van der Waals surface area contributed by atoms with E-state index in [2.05, 4.69) is 31.4 Å². The number of hydrogen-bond donors (Lipinski definition) is 1. The zero-order valence-electron chi connectivity index (χ0n) is 27.0. The van der Waals surface area contributed by atoms with E-state index in [1.54, 1.807) is 6.92 Å². The fourth-order valence-corrected chi connectivity index (χ4v) is 12.4. The van der Waals surface area contributed by atoms with Gasteiger partial charge in [0, 0.05) is 63.6 Å². The predicted molar refractivity (Wildman–Crippen MR) is 161 cm³/mol. The Morgan fingerprint density at radius 3 is 2.37 bits per heavy atom. The number of rotatable bonds is 5. The first kappa shape index (κ1) is 32.4. The van der Waals surface area contributed by atoms with Gasteiger partial charge in [-0.05, 0) is 73.7 Å². The molecule has 0 aromatic carbocycles. The predicted octanol–water partition coefficient (Wildman–Crippen LogP) is 1.92. The van der Waals surface area contributed by atoms with Crippen molar-refractivity contribution in [2.24, 2.45) is 34.5 Å². The quantitative estimate of drug-likeness (QED) is 0.275. The van der Waals surface area contributed by atoms with Crippen LogP contribution in [0.2, 0.25) is 0 Å². The van der Waals surface area contributed by atoms with Crippen LogP contribution in [0.1, 0.15) is 91.4 Å². The Bertz CT molecular complexity index is 1040. The Labute approximate surface area is 270 Å². The second-order valence-corrected chi connectivity index (χ2v) is 16.1. The summed E-state index contributed by atoms with van der Waals surface area (Å²) in [5.41, 5.74) is 0.297. The summed E-state index contributed by atoms with van der Waals surface area (Å²) in [5, 5.41) is 11.5. The highest BCUT2D eigenvalue weighted by Crippen LogP contribution is 2.67. The third kappa shape index (κ3) is 5.21. The molecule has 0 aromatic heterocycles. The summed E-state index contributed by atoms with van der Waals surface area (Å²) in [4.78, 5) is 15.1. The van der Waals surface area contributed by atoms with Crippen LogP contribution in [0.4, 0.5) is 0 Å². The molecule has 3 saturated heterocycles. The molecule has 5 unspecified atom stereocenters. The first-order valence-corrected chi connectivity index (χ1v) is 17.5. The van der Waals surface area contributed by atoms with Gasteiger partial charge in [-0.3, -0.25) is 9.69 Å². The Morgan fingerprint density at radius 1 is 1.02 bits per heavy atom. The number of fused-ring (bicyclic) bond motifs is 5. The van der Waals surface area contributed by atoms with Gasteiger partial charge >= 0.3 is 5.97 Å². The molecule has 1 N–H and O–H groups in total. The summed E-state index contributed by atoms with van der Waals surface area (Å²) in [6.45, 7) is 17.6. The maximum atomic E-state index is 12.6. The van der Waals surface area contributed by atoms with E-state index >= 15 is 0 Å². The van der Waals surface area contributed by atoms with Gasteiger partial charge in [-0.15, -0.1) is 0 Å². The molecule has 4 aliphatic carbocycles. The van der Waals surface area contributed by atoms with Crippen LogP contribution in [0, 0.1) is 34.5 Å². The number of aliphatic hydroxyl groups is 1. The molecule has 0 radical (unpaired) electrons. The number of carbonyl (C=O) groups is 1. The van der Waals surface area contributed by atoms with Gasteiger partial charge in [-0.25, -0.2) is 0 Å². The number of carbonyl (C=O) groups excluding carboxylic acids is 1. The average molecular weight is 666 g/mol. The number of piperidine rings is 1. The molecule has 43 heavy (non-hydrogen) atoms. The van der Waals surface area contributed by atoms with E-state index in [-0.39, 0.29) is 57.8 Å². The van der Waals surface area contributed by atoms with E-state index in [4.69, 9.17) is 14.2 Å². The molecule has 10 atom stereocenters. The number of aliphatic hydroxyl groups excluding tert-OH is 1. The lowest BCUT2D eigenvalue weighted by Gasteiger charge is -2.62. The normalized spacial score (nSPS) is 46.8. The van der Waals surface area contributed by atoms with E-state index < -0.39 is 0 Å². The van der Waals surface area contributed by atoms with Gasteiger partial charge in [0.25, 0.3) is 0 Å². The number of ether oxygens (including phenoxy) is 3. The van der Waals surface area contributed by atoms with E-state index in [1.165, 1.54) is 51.6 Å². The van der Waals surface area contributed by atoms with Crippen LogP contribution in [0.15, 0.2) is 12.7 Å². The van der Waals surface area contributed by atoms with Gasteiger partial charge in [0.15, 0.2) is 11.9 Å². The average Bonchev–Trinajstić information content (AvgIpc) is 3.69. The molecule has 0 amide bonds. The number of halogens is 1. The van der Waals surface area contributed by atoms with Crippen LogP contribution in [-0.4, -0.2) is 96.5 Å². The molecule has 7 aliphatic rings. The molecular weight excluding hydrogens is 608 g/mol. The molecule has 7 nitrogen and oxygen atoms in total. The van der Waals surface area contributed by atoms with Crippen molar-refractivity contribution in [3.05, 3.63) is 12.7 Å². The fourth-order valence-electron chi connectivity index (χ4n) is 12.4. The van der Waals surface area contributed by atoms with Crippen molar-refractivity contribution in [2.45, 2.75) is 121 Å². The number of esters is 1. The molecule has 8 heteroatoms. The summed E-state index contributed by atoms with van der Waals surface area (Å²) in [6.07, 6.45) is 14.3. The molecule has 7 rings (SSSR count). The largest absolute Gasteiger partial charge is 1.00 e. The van der Waals surface area contributed by atoms with Crippen LogP contribution < -0.4 is 17.0 Å². The lowest BCUT2D eigenvalue weighted by Crippen LogP contribution is -3.00. The highest BCUT2D eigenvalue weighted by Gasteiger charge is 2.67. The standard InChI is InChI=1S/C35H57N2O5.BrH/c1-5-16-37(17-6-7-18-37)30-22-28-26-9-8-25-21-31(39)29(36-14-12-35(13-15-36)40-19-20-41-35)23-34(25,4)27(26)10-11-33(28,3)32(30)42-24(2)38;/h5,25-32,39H,1,6-23H2,2-4H3;1H/q+1;/p-1/t25?,26-,27-,28+,29?,30?,31?,32?,33+,34+;/m1./s1. The maximum absolute atomic E-state index is 12.6.